The summed E-state index contributed by atoms with van der Waals surface area (Å²) in [5, 5.41) is 9.62. The minimum absolute atomic E-state index is 0.0286. The number of benzene rings is 2. The number of hydrogen-bond acceptors (Lipinski definition) is 3. The monoisotopic (exact) mass is 337 g/mol. The SMILES string of the molecule is O=C(O)C(Cc1nc2c(F)c(F)cc(F)c2s1)c1ccccc1. The van der Waals surface area contributed by atoms with Crippen LogP contribution in [0.25, 0.3) is 10.2 Å². The van der Waals surface area contributed by atoms with E-state index in [-0.39, 0.29) is 16.1 Å². The smallest absolute Gasteiger partial charge is 0.311 e. The number of rotatable bonds is 4. The number of nitrogens with zero attached hydrogens (tertiary/aromatic N) is 1. The van der Waals surface area contributed by atoms with Crippen molar-refractivity contribution in [2.45, 2.75) is 12.3 Å². The Morgan fingerprint density at radius 2 is 1.87 bits per heavy atom. The molecule has 0 radical (unpaired) electrons. The third-order valence-corrected chi connectivity index (χ3v) is 4.52. The molecule has 2 aromatic carbocycles. The lowest BCUT2D eigenvalue weighted by Crippen LogP contribution is -2.14. The summed E-state index contributed by atoms with van der Waals surface area (Å²) in [5.41, 5.74) is 0.158. The van der Waals surface area contributed by atoms with E-state index in [1.165, 1.54) is 0 Å². The molecule has 0 aliphatic heterocycles. The van der Waals surface area contributed by atoms with E-state index < -0.39 is 34.9 Å². The fraction of sp³-hybridized carbons (Fsp3) is 0.125. The molecule has 1 heterocycles. The maximum absolute atomic E-state index is 13.7. The van der Waals surface area contributed by atoms with Crippen LogP contribution in [0.3, 0.4) is 0 Å². The zero-order valence-corrected chi connectivity index (χ0v) is 12.4. The van der Waals surface area contributed by atoms with Crippen LogP contribution in [0.2, 0.25) is 0 Å². The van der Waals surface area contributed by atoms with Gasteiger partial charge in [0.2, 0.25) is 0 Å². The summed E-state index contributed by atoms with van der Waals surface area (Å²) >= 11 is 0.831. The van der Waals surface area contributed by atoms with Crippen molar-refractivity contribution in [3.05, 3.63) is 64.4 Å². The van der Waals surface area contributed by atoms with Gasteiger partial charge >= 0.3 is 5.97 Å². The topological polar surface area (TPSA) is 50.2 Å². The van der Waals surface area contributed by atoms with Gasteiger partial charge in [0.05, 0.1) is 15.6 Å². The van der Waals surface area contributed by atoms with E-state index in [2.05, 4.69) is 4.98 Å². The molecule has 3 nitrogen and oxygen atoms in total. The first-order chi connectivity index (χ1) is 11.0. The number of fused-ring (bicyclic) bond motifs is 1. The van der Waals surface area contributed by atoms with E-state index in [0.717, 1.165) is 11.3 Å². The maximum Gasteiger partial charge on any atom is 0.311 e. The lowest BCUT2D eigenvalue weighted by molar-refractivity contribution is -0.138. The molecule has 0 aliphatic rings. The summed E-state index contributed by atoms with van der Waals surface area (Å²) in [6.07, 6.45) is -0.0286. The molecule has 0 spiro atoms. The summed E-state index contributed by atoms with van der Waals surface area (Å²) in [7, 11) is 0. The van der Waals surface area contributed by atoms with Gasteiger partial charge in [-0.05, 0) is 5.56 Å². The van der Waals surface area contributed by atoms with Crippen LogP contribution in [0, 0.1) is 17.5 Å². The summed E-state index contributed by atoms with van der Waals surface area (Å²) in [4.78, 5) is 15.4. The number of aromatic nitrogens is 1. The fourth-order valence-electron chi connectivity index (χ4n) is 2.32. The van der Waals surface area contributed by atoms with Crippen LogP contribution >= 0.6 is 11.3 Å². The molecular weight excluding hydrogens is 327 g/mol. The molecule has 0 amide bonds. The highest BCUT2D eigenvalue weighted by molar-refractivity contribution is 7.18. The number of thiazole rings is 1. The molecule has 1 atom stereocenters. The van der Waals surface area contributed by atoms with Crippen molar-refractivity contribution in [3.8, 4) is 0 Å². The molecule has 1 aromatic heterocycles. The summed E-state index contributed by atoms with van der Waals surface area (Å²) < 4.78 is 40.5. The quantitative estimate of drug-likeness (QED) is 0.729. The van der Waals surface area contributed by atoms with Crippen LogP contribution < -0.4 is 0 Å². The molecule has 0 saturated heterocycles. The molecule has 1 unspecified atom stereocenters. The van der Waals surface area contributed by atoms with Gasteiger partial charge in [-0.1, -0.05) is 30.3 Å². The second kappa shape index (κ2) is 6.00. The Morgan fingerprint density at radius 1 is 1.17 bits per heavy atom. The molecule has 0 saturated carbocycles. The van der Waals surface area contributed by atoms with Crippen molar-refractivity contribution in [3.63, 3.8) is 0 Å². The van der Waals surface area contributed by atoms with Crippen molar-refractivity contribution < 1.29 is 23.1 Å². The van der Waals surface area contributed by atoms with Crippen LogP contribution in [0.15, 0.2) is 36.4 Å². The summed E-state index contributed by atoms with van der Waals surface area (Å²) in [6, 6.07) is 8.95. The lowest BCUT2D eigenvalue weighted by Gasteiger charge is -2.10. The minimum atomic E-state index is -1.32. The number of aliphatic carboxylic acids is 1. The van der Waals surface area contributed by atoms with E-state index in [1.54, 1.807) is 30.3 Å². The highest BCUT2D eigenvalue weighted by Gasteiger charge is 2.24. The van der Waals surface area contributed by atoms with Crippen LogP contribution in [-0.4, -0.2) is 16.1 Å². The van der Waals surface area contributed by atoms with E-state index in [1.807, 2.05) is 0 Å². The molecule has 23 heavy (non-hydrogen) atoms. The summed E-state index contributed by atoms with van der Waals surface area (Å²) in [5.74, 6) is -5.41. The Bertz CT molecular complexity index is 880. The second-order valence-electron chi connectivity index (χ2n) is 4.95. The van der Waals surface area contributed by atoms with Crippen LogP contribution in [0.5, 0.6) is 0 Å². The van der Waals surface area contributed by atoms with Crippen molar-refractivity contribution in [1.29, 1.82) is 0 Å². The van der Waals surface area contributed by atoms with Gasteiger partial charge < -0.3 is 5.11 Å². The molecule has 1 N–H and O–H groups in total. The number of hydrogen-bond donors (Lipinski definition) is 1. The first kappa shape index (κ1) is 15.5. The van der Waals surface area contributed by atoms with E-state index in [9.17, 15) is 23.1 Å². The molecule has 3 aromatic rings. The van der Waals surface area contributed by atoms with Crippen molar-refractivity contribution in [2.75, 3.05) is 0 Å². The Balaban J connectivity index is 2.02. The van der Waals surface area contributed by atoms with Gasteiger partial charge in [-0.2, -0.15) is 0 Å². The predicted octanol–water partition coefficient (Wildman–Crippen LogP) is 4.12. The Kier molecular flexibility index (Phi) is 4.04. The van der Waals surface area contributed by atoms with Crippen molar-refractivity contribution in [1.82, 2.24) is 4.98 Å². The zero-order chi connectivity index (χ0) is 16.6. The van der Waals surface area contributed by atoms with Gasteiger partial charge in [0.25, 0.3) is 0 Å². The normalized spacial score (nSPS) is 12.5. The lowest BCUT2D eigenvalue weighted by atomic mass is 9.96. The van der Waals surface area contributed by atoms with Crippen molar-refractivity contribution in [2.24, 2.45) is 0 Å². The summed E-state index contributed by atoms with van der Waals surface area (Å²) in [6.45, 7) is 0. The van der Waals surface area contributed by atoms with Crippen LogP contribution in [0.4, 0.5) is 13.2 Å². The Hall–Kier alpha value is -2.41. The van der Waals surface area contributed by atoms with Gasteiger partial charge in [0, 0.05) is 12.5 Å². The molecule has 0 aliphatic carbocycles. The average Bonchev–Trinajstić information content (AvgIpc) is 2.96. The highest BCUT2D eigenvalue weighted by atomic mass is 32.1. The van der Waals surface area contributed by atoms with Gasteiger partial charge in [0.15, 0.2) is 11.6 Å². The van der Waals surface area contributed by atoms with Crippen LogP contribution in [-0.2, 0) is 11.2 Å². The number of carboxylic acid groups (broad SMARTS) is 1. The molecule has 118 valence electrons. The van der Waals surface area contributed by atoms with Gasteiger partial charge in [0.1, 0.15) is 11.3 Å². The molecule has 0 fully saturated rings. The molecule has 0 bridgehead atoms. The molecule has 3 rings (SSSR count). The Labute approximate surface area is 133 Å². The van der Waals surface area contributed by atoms with E-state index in [0.29, 0.717) is 11.6 Å². The number of halogens is 3. The largest absolute Gasteiger partial charge is 0.481 e. The highest BCUT2D eigenvalue weighted by Crippen LogP contribution is 2.31. The van der Waals surface area contributed by atoms with Gasteiger partial charge in [-0.15, -0.1) is 11.3 Å². The minimum Gasteiger partial charge on any atom is -0.481 e. The fourth-order valence-corrected chi connectivity index (χ4v) is 3.33. The average molecular weight is 337 g/mol. The third kappa shape index (κ3) is 2.92. The molecular formula is C16H10F3NO2S. The van der Waals surface area contributed by atoms with Crippen LogP contribution in [0.1, 0.15) is 16.5 Å². The molecule has 7 heteroatoms. The van der Waals surface area contributed by atoms with Crippen molar-refractivity contribution >= 4 is 27.5 Å². The third-order valence-electron chi connectivity index (χ3n) is 3.44. The van der Waals surface area contributed by atoms with Gasteiger partial charge in [-0.3, -0.25) is 4.79 Å². The zero-order valence-electron chi connectivity index (χ0n) is 11.6. The van der Waals surface area contributed by atoms with Gasteiger partial charge in [-0.25, -0.2) is 18.2 Å². The standard InChI is InChI=1S/C16H10F3NO2S/c17-10-7-11(18)15-14(13(10)19)20-12(23-15)6-9(16(21)22)8-4-2-1-3-5-8/h1-5,7,9H,6H2,(H,21,22). The second-order valence-corrected chi connectivity index (χ2v) is 6.03. The number of carbonyl (C=O) groups is 1. The number of carboxylic acids is 1. The maximum atomic E-state index is 13.7. The first-order valence-corrected chi connectivity index (χ1v) is 7.49. The predicted molar refractivity (Wildman–Crippen MR) is 80.0 cm³/mol. The first-order valence-electron chi connectivity index (χ1n) is 6.68. The van der Waals surface area contributed by atoms with E-state index in [4.69, 9.17) is 0 Å². The van der Waals surface area contributed by atoms with E-state index >= 15 is 0 Å². The Morgan fingerprint density at radius 3 is 2.52 bits per heavy atom.